The van der Waals surface area contributed by atoms with Gasteiger partial charge in [-0.25, -0.2) is 4.68 Å². The molecule has 1 aromatic heterocycles. The van der Waals surface area contributed by atoms with Gasteiger partial charge in [0.2, 0.25) is 0 Å². The van der Waals surface area contributed by atoms with Crippen LogP contribution in [-0.4, -0.2) is 21.9 Å². The lowest BCUT2D eigenvalue weighted by atomic mass is 10.3. The van der Waals surface area contributed by atoms with Crippen LogP contribution in [0.1, 0.15) is 5.82 Å². The van der Waals surface area contributed by atoms with Gasteiger partial charge in [0.05, 0.1) is 12.8 Å². The molecule has 0 bridgehead atoms. The van der Waals surface area contributed by atoms with Gasteiger partial charge in [0.25, 0.3) is 5.82 Å². The highest BCUT2D eigenvalue weighted by atomic mass is 79.9. The summed E-state index contributed by atoms with van der Waals surface area (Å²) in [4.78, 5) is 3.31. The summed E-state index contributed by atoms with van der Waals surface area (Å²) in [5.41, 5.74) is 0.450. The van der Waals surface area contributed by atoms with Crippen molar-refractivity contribution in [2.24, 2.45) is 0 Å². The first-order chi connectivity index (χ1) is 8.41. The van der Waals surface area contributed by atoms with Gasteiger partial charge >= 0.3 is 6.18 Å². The summed E-state index contributed by atoms with van der Waals surface area (Å²) in [5, 5.41) is 3.40. The van der Waals surface area contributed by atoms with E-state index in [0.29, 0.717) is 11.4 Å². The predicted octanol–water partition coefficient (Wildman–Crippen LogP) is 3.06. The van der Waals surface area contributed by atoms with Crippen molar-refractivity contribution in [2.45, 2.75) is 6.18 Å². The van der Waals surface area contributed by atoms with Gasteiger partial charge in [0, 0.05) is 0 Å². The van der Waals surface area contributed by atoms with E-state index in [1.807, 2.05) is 0 Å². The second-order valence-corrected chi connectivity index (χ2v) is 4.02. The molecule has 0 radical (unpaired) electrons. The normalized spacial score (nSPS) is 11.6. The maximum atomic E-state index is 12.4. The highest BCUT2D eigenvalue weighted by Crippen LogP contribution is 2.28. The van der Waals surface area contributed by atoms with Gasteiger partial charge in [-0.1, -0.05) is 0 Å². The van der Waals surface area contributed by atoms with Crippen molar-refractivity contribution in [2.75, 3.05) is 7.11 Å². The Kier molecular flexibility index (Phi) is 3.29. The monoisotopic (exact) mass is 321 g/mol. The summed E-state index contributed by atoms with van der Waals surface area (Å²) in [6.45, 7) is 0. The second-order valence-electron chi connectivity index (χ2n) is 3.31. The van der Waals surface area contributed by atoms with E-state index in [4.69, 9.17) is 4.74 Å². The number of hydrogen-bond donors (Lipinski definition) is 0. The third kappa shape index (κ3) is 2.47. The standard InChI is InChI=1S/C10H7BrF3N3O/c1-18-7-4-2-6(3-5-7)17-9(11)15-8(16-17)10(12,13)14/h2-5H,1H3. The van der Waals surface area contributed by atoms with E-state index in [0.717, 1.165) is 4.68 Å². The van der Waals surface area contributed by atoms with Crippen LogP contribution in [0.2, 0.25) is 0 Å². The Morgan fingerprint density at radius 1 is 1.22 bits per heavy atom. The molecular weight excluding hydrogens is 315 g/mol. The molecular formula is C10H7BrF3N3O. The van der Waals surface area contributed by atoms with Crippen molar-refractivity contribution < 1.29 is 17.9 Å². The van der Waals surface area contributed by atoms with E-state index in [1.54, 1.807) is 24.3 Å². The van der Waals surface area contributed by atoms with Crippen LogP contribution in [-0.2, 0) is 6.18 Å². The molecule has 0 N–H and O–H groups in total. The molecule has 0 spiro atoms. The van der Waals surface area contributed by atoms with Crippen molar-refractivity contribution in [3.05, 3.63) is 34.8 Å². The number of rotatable bonds is 2. The minimum absolute atomic E-state index is 0.0139. The van der Waals surface area contributed by atoms with Crippen molar-refractivity contribution in [1.82, 2.24) is 14.8 Å². The minimum Gasteiger partial charge on any atom is -0.497 e. The van der Waals surface area contributed by atoms with Crippen LogP contribution < -0.4 is 4.74 Å². The SMILES string of the molecule is COc1ccc(-n2nc(C(F)(F)F)nc2Br)cc1. The van der Waals surface area contributed by atoms with E-state index in [1.165, 1.54) is 7.11 Å². The van der Waals surface area contributed by atoms with Crippen LogP contribution >= 0.6 is 15.9 Å². The summed E-state index contributed by atoms with van der Waals surface area (Å²) in [5.74, 6) is -0.587. The van der Waals surface area contributed by atoms with Crippen LogP contribution in [0.25, 0.3) is 5.69 Å². The zero-order chi connectivity index (χ0) is 13.3. The molecule has 4 nitrogen and oxygen atoms in total. The summed E-state index contributed by atoms with van der Waals surface area (Å²) in [6.07, 6.45) is -4.57. The predicted molar refractivity (Wildman–Crippen MR) is 60.6 cm³/mol. The molecule has 8 heteroatoms. The molecule has 1 heterocycles. The number of aromatic nitrogens is 3. The molecule has 0 amide bonds. The minimum atomic E-state index is -4.57. The Morgan fingerprint density at radius 2 is 1.83 bits per heavy atom. The summed E-state index contributed by atoms with van der Waals surface area (Å²) in [7, 11) is 1.50. The average Bonchev–Trinajstić information content (AvgIpc) is 2.71. The zero-order valence-electron chi connectivity index (χ0n) is 9.07. The van der Waals surface area contributed by atoms with E-state index in [-0.39, 0.29) is 4.73 Å². The van der Waals surface area contributed by atoms with Gasteiger partial charge in [-0.15, -0.1) is 5.10 Å². The highest BCUT2D eigenvalue weighted by molar-refractivity contribution is 9.10. The number of benzene rings is 1. The molecule has 96 valence electrons. The van der Waals surface area contributed by atoms with Gasteiger partial charge in [-0.2, -0.15) is 18.2 Å². The molecule has 2 aromatic rings. The van der Waals surface area contributed by atoms with Crippen LogP contribution in [0, 0.1) is 0 Å². The van der Waals surface area contributed by atoms with Crippen LogP contribution in [0.5, 0.6) is 5.75 Å². The molecule has 2 rings (SSSR count). The molecule has 1 aromatic carbocycles. The molecule has 0 aliphatic rings. The number of hydrogen-bond acceptors (Lipinski definition) is 3. The van der Waals surface area contributed by atoms with E-state index in [9.17, 15) is 13.2 Å². The van der Waals surface area contributed by atoms with Gasteiger partial charge < -0.3 is 4.74 Å². The van der Waals surface area contributed by atoms with Crippen molar-refractivity contribution >= 4 is 15.9 Å². The quantitative estimate of drug-likeness (QED) is 0.853. The maximum Gasteiger partial charge on any atom is 0.453 e. The van der Waals surface area contributed by atoms with E-state index < -0.39 is 12.0 Å². The lowest BCUT2D eigenvalue weighted by molar-refractivity contribution is -0.144. The van der Waals surface area contributed by atoms with Crippen LogP contribution in [0.4, 0.5) is 13.2 Å². The molecule has 18 heavy (non-hydrogen) atoms. The number of nitrogens with zero attached hydrogens (tertiary/aromatic N) is 3. The summed E-state index contributed by atoms with van der Waals surface area (Å²) in [6, 6.07) is 6.41. The molecule has 0 unspecified atom stereocenters. The lowest BCUT2D eigenvalue weighted by Gasteiger charge is -2.03. The largest absolute Gasteiger partial charge is 0.497 e. The first-order valence-electron chi connectivity index (χ1n) is 4.76. The fourth-order valence-electron chi connectivity index (χ4n) is 1.30. The summed E-state index contributed by atoms with van der Waals surface area (Å²) < 4.78 is 43.3. The number of halogens is 4. The van der Waals surface area contributed by atoms with Gasteiger partial charge in [0.15, 0.2) is 4.73 Å². The zero-order valence-corrected chi connectivity index (χ0v) is 10.7. The third-order valence-electron chi connectivity index (χ3n) is 2.14. The maximum absolute atomic E-state index is 12.4. The first-order valence-corrected chi connectivity index (χ1v) is 5.55. The van der Waals surface area contributed by atoms with Gasteiger partial charge in [0.1, 0.15) is 5.75 Å². The number of alkyl halides is 3. The Balaban J connectivity index is 2.41. The van der Waals surface area contributed by atoms with Crippen LogP contribution in [0.3, 0.4) is 0 Å². The highest BCUT2D eigenvalue weighted by Gasteiger charge is 2.37. The average molecular weight is 322 g/mol. The Bertz CT molecular complexity index is 550. The lowest BCUT2D eigenvalue weighted by Crippen LogP contribution is -2.08. The van der Waals surface area contributed by atoms with E-state index >= 15 is 0 Å². The number of ether oxygens (including phenoxy) is 1. The molecule has 0 atom stereocenters. The third-order valence-corrected chi connectivity index (χ3v) is 2.65. The number of methoxy groups -OCH3 is 1. The van der Waals surface area contributed by atoms with Gasteiger partial charge in [-0.05, 0) is 40.2 Å². The molecule has 0 fully saturated rings. The van der Waals surface area contributed by atoms with E-state index in [2.05, 4.69) is 26.0 Å². The topological polar surface area (TPSA) is 39.9 Å². The molecule has 0 saturated heterocycles. The molecule has 0 aliphatic heterocycles. The Morgan fingerprint density at radius 3 is 2.28 bits per heavy atom. The second kappa shape index (κ2) is 4.60. The van der Waals surface area contributed by atoms with Crippen molar-refractivity contribution in [3.63, 3.8) is 0 Å². The van der Waals surface area contributed by atoms with Crippen LogP contribution in [0.15, 0.2) is 29.0 Å². The smallest absolute Gasteiger partial charge is 0.453 e. The fourth-order valence-corrected chi connectivity index (χ4v) is 1.75. The molecule has 0 saturated carbocycles. The summed E-state index contributed by atoms with van der Waals surface area (Å²) >= 11 is 2.94. The Labute approximate surface area is 109 Å². The Hall–Kier alpha value is -1.57. The van der Waals surface area contributed by atoms with Gasteiger partial charge in [-0.3, -0.25) is 0 Å². The molecule has 0 aliphatic carbocycles. The fraction of sp³-hybridized carbons (Fsp3) is 0.200. The van der Waals surface area contributed by atoms with Crippen molar-refractivity contribution in [3.8, 4) is 11.4 Å². The first kappa shape index (κ1) is 12.9. The van der Waals surface area contributed by atoms with Crippen molar-refractivity contribution in [1.29, 1.82) is 0 Å².